The molecular formula is C23H10F4N4. The van der Waals surface area contributed by atoms with Crippen LogP contribution in [0, 0.1) is 46.2 Å². The Morgan fingerprint density at radius 2 is 1.42 bits per heavy atom. The number of benzene rings is 2. The lowest BCUT2D eigenvalue weighted by Gasteiger charge is -2.11. The van der Waals surface area contributed by atoms with Crippen LogP contribution in [0.5, 0.6) is 0 Å². The van der Waals surface area contributed by atoms with Crippen LogP contribution in [0.3, 0.4) is 0 Å². The Bertz CT molecular complexity index is 1380. The van der Waals surface area contributed by atoms with Gasteiger partial charge < -0.3 is 0 Å². The number of nitriles is 2. The highest BCUT2D eigenvalue weighted by atomic mass is 19.1. The first kappa shape index (κ1) is 20.0. The van der Waals surface area contributed by atoms with Crippen molar-refractivity contribution in [2.24, 2.45) is 9.98 Å². The summed E-state index contributed by atoms with van der Waals surface area (Å²) < 4.78 is 57.2. The molecule has 0 unspecified atom stereocenters. The highest BCUT2D eigenvalue weighted by Crippen LogP contribution is 2.41. The molecule has 4 nitrogen and oxygen atoms in total. The molecule has 0 fully saturated rings. The third kappa shape index (κ3) is 3.24. The van der Waals surface area contributed by atoms with Gasteiger partial charge in [0.2, 0.25) is 12.4 Å². The maximum absolute atomic E-state index is 14.8. The summed E-state index contributed by atoms with van der Waals surface area (Å²) in [5, 5.41) is 18.2. The molecule has 31 heavy (non-hydrogen) atoms. The van der Waals surface area contributed by atoms with Gasteiger partial charge in [0, 0.05) is 40.0 Å². The summed E-state index contributed by atoms with van der Waals surface area (Å²) in [6, 6.07) is 3.47. The van der Waals surface area contributed by atoms with Crippen LogP contribution in [-0.4, -0.2) is 11.4 Å². The zero-order valence-corrected chi connectivity index (χ0v) is 15.7. The number of allylic oxidation sites excluding steroid dienone is 5. The van der Waals surface area contributed by atoms with Crippen molar-refractivity contribution in [1.29, 1.82) is 10.5 Å². The number of rotatable bonds is 0. The molecule has 0 spiro atoms. The van der Waals surface area contributed by atoms with E-state index < -0.39 is 23.3 Å². The second-order valence-corrected chi connectivity index (χ2v) is 6.75. The monoisotopic (exact) mass is 418 g/mol. The molecule has 0 amide bonds. The normalized spacial score (nSPS) is 19.1. The van der Waals surface area contributed by atoms with E-state index in [0.29, 0.717) is 12.1 Å². The summed E-state index contributed by atoms with van der Waals surface area (Å²) >= 11 is 0. The Labute approximate surface area is 174 Å². The van der Waals surface area contributed by atoms with Crippen molar-refractivity contribution in [3.8, 4) is 12.4 Å². The number of hydrogen-bond acceptors (Lipinski definition) is 4. The third-order valence-electron chi connectivity index (χ3n) is 5.00. The molecule has 2 aromatic rings. The van der Waals surface area contributed by atoms with E-state index in [4.69, 9.17) is 10.5 Å². The highest BCUT2D eigenvalue weighted by molar-refractivity contribution is 6.30. The molecule has 2 aromatic carbocycles. The maximum atomic E-state index is 14.8. The molecule has 0 heterocycles. The fourth-order valence-electron chi connectivity index (χ4n) is 3.79. The van der Waals surface area contributed by atoms with Gasteiger partial charge in [0.1, 0.15) is 23.3 Å². The molecule has 150 valence electrons. The number of halogens is 4. The second-order valence-electron chi connectivity index (χ2n) is 6.75. The van der Waals surface area contributed by atoms with Crippen molar-refractivity contribution in [3.05, 3.63) is 99.7 Å². The first-order chi connectivity index (χ1) is 14.8. The van der Waals surface area contributed by atoms with Crippen molar-refractivity contribution < 1.29 is 17.6 Å². The molecule has 0 aliphatic heterocycles. The fourth-order valence-corrected chi connectivity index (χ4v) is 3.79. The van der Waals surface area contributed by atoms with Gasteiger partial charge in [-0.3, -0.25) is 0 Å². The Hall–Kier alpha value is -4.30. The van der Waals surface area contributed by atoms with Crippen molar-refractivity contribution >= 4 is 17.0 Å². The molecule has 0 saturated carbocycles. The smallest absolute Gasteiger partial charge is 0.206 e. The molecule has 0 bridgehead atoms. The highest BCUT2D eigenvalue weighted by Gasteiger charge is 2.33. The Kier molecular flexibility index (Phi) is 4.84. The minimum absolute atomic E-state index is 0.0136. The van der Waals surface area contributed by atoms with Gasteiger partial charge in [-0.2, -0.15) is 20.5 Å². The van der Waals surface area contributed by atoms with Gasteiger partial charge in [0.05, 0.1) is 11.4 Å². The van der Waals surface area contributed by atoms with Gasteiger partial charge in [-0.25, -0.2) is 17.6 Å². The van der Waals surface area contributed by atoms with Crippen LogP contribution in [0.25, 0.3) is 5.57 Å². The standard InChI is InChI=1S/C23H10F4N4/c1-11-4-16-15(23(31-10-29)18-6-13(25)8-20(27)21(16)18)3-2-14-17(22(11)30-9-28)5-12(24)7-19(14)26/h3-8H,1-2H2/b15-3+,16-4?,30-22?,31-23?. The van der Waals surface area contributed by atoms with Crippen molar-refractivity contribution in [1.82, 2.24) is 0 Å². The van der Waals surface area contributed by atoms with Crippen LogP contribution in [0.2, 0.25) is 0 Å². The molecule has 0 N–H and O–H groups in total. The van der Waals surface area contributed by atoms with E-state index in [1.165, 1.54) is 12.2 Å². The first-order valence-corrected chi connectivity index (χ1v) is 8.89. The molecular weight excluding hydrogens is 408 g/mol. The lowest BCUT2D eigenvalue weighted by atomic mass is 9.95. The zero-order valence-electron chi connectivity index (χ0n) is 15.7. The predicted octanol–water partition coefficient (Wildman–Crippen LogP) is 4.92. The van der Waals surface area contributed by atoms with Gasteiger partial charge in [0.25, 0.3) is 0 Å². The Balaban J connectivity index is 2.08. The van der Waals surface area contributed by atoms with E-state index in [1.807, 2.05) is 0 Å². The Morgan fingerprint density at radius 3 is 2.10 bits per heavy atom. The van der Waals surface area contributed by atoms with Crippen molar-refractivity contribution in [2.45, 2.75) is 6.42 Å². The summed E-state index contributed by atoms with van der Waals surface area (Å²) in [5.74, 6) is -3.49. The predicted molar refractivity (Wildman–Crippen MR) is 106 cm³/mol. The van der Waals surface area contributed by atoms with Crippen LogP contribution in [0.4, 0.5) is 17.6 Å². The minimum atomic E-state index is -0.893. The van der Waals surface area contributed by atoms with Crippen LogP contribution in [0.1, 0.15) is 22.3 Å². The van der Waals surface area contributed by atoms with Gasteiger partial charge in [0.15, 0.2) is 0 Å². The van der Waals surface area contributed by atoms with Crippen molar-refractivity contribution in [2.75, 3.05) is 0 Å². The Morgan fingerprint density at radius 1 is 0.806 bits per heavy atom. The summed E-state index contributed by atoms with van der Waals surface area (Å²) in [6.07, 6.45) is 5.95. The third-order valence-corrected chi connectivity index (χ3v) is 5.00. The van der Waals surface area contributed by atoms with E-state index in [9.17, 15) is 17.6 Å². The summed E-state index contributed by atoms with van der Waals surface area (Å²) in [4.78, 5) is 7.40. The molecule has 8 heteroatoms. The molecule has 0 atom stereocenters. The van der Waals surface area contributed by atoms with Crippen molar-refractivity contribution in [3.63, 3.8) is 0 Å². The summed E-state index contributed by atoms with van der Waals surface area (Å²) in [5.41, 5.74) is 0.561. The minimum Gasteiger partial charge on any atom is -0.207 e. The zero-order chi connectivity index (χ0) is 22.3. The van der Waals surface area contributed by atoms with Crippen LogP contribution < -0.4 is 0 Å². The van der Waals surface area contributed by atoms with E-state index in [1.54, 1.807) is 12.4 Å². The van der Waals surface area contributed by atoms with E-state index in [2.05, 4.69) is 16.6 Å². The summed E-state index contributed by atoms with van der Waals surface area (Å²) in [7, 11) is 0. The van der Waals surface area contributed by atoms with Crippen LogP contribution in [0.15, 0.2) is 64.1 Å². The van der Waals surface area contributed by atoms with E-state index in [-0.39, 0.29) is 56.8 Å². The largest absolute Gasteiger partial charge is 0.207 e. The van der Waals surface area contributed by atoms with Crippen LogP contribution in [-0.2, 0) is 6.42 Å². The maximum Gasteiger partial charge on any atom is 0.206 e. The molecule has 0 radical (unpaired) electrons. The molecule has 2 aliphatic rings. The van der Waals surface area contributed by atoms with Gasteiger partial charge in [-0.15, -0.1) is 0 Å². The number of nitrogens with zero attached hydrogens (tertiary/aromatic N) is 4. The fraction of sp³-hybridized carbons (Fsp3) is 0.0435. The van der Waals surface area contributed by atoms with Gasteiger partial charge in [-0.05, 0) is 35.8 Å². The van der Waals surface area contributed by atoms with Gasteiger partial charge >= 0.3 is 0 Å². The molecule has 2 aliphatic carbocycles. The molecule has 4 rings (SSSR count). The summed E-state index contributed by atoms with van der Waals surface area (Å²) in [6.45, 7) is 3.84. The van der Waals surface area contributed by atoms with E-state index >= 15 is 0 Å². The number of hydrogen-bond donors (Lipinski definition) is 0. The molecule has 0 saturated heterocycles. The lowest BCUT2D eigenvalue weighted by molar-refractivity contribution is 0.574. The first-order valence-electron chi connectivity index (χ1n) is 8.89. The number of aliphatic imine (C=N–C) groups is 2. The second kappa shape index (κ2) is 7.51. The van der Waals surface area contributed by atoms with Gasteiger partial charge in [-0.1, -0.05) is 12.7 Å². The topological polar surface area (TPSA) is 72.3 Å². The van der Waals surface area contributed by atoms with E-state index in [0.717, 1.165) is 12.1 Å². The SMILES string of the molecule is C=C1C=C2/C(=C\Cc3c(F)cc(F)cc3C1=NC#N)C(=NC#N)c1cc(F)cc(F)c12. The average Bonchev–Trinajstić information content (AvgIpc) is 2.99. The number of fused-ring (bicyclic) bond motifs is 4. The van der Waals surface area contributed by atoms with Crippen LogP contribution >= 0.6 is 0 Å². The molecule has 0 aromatic heterocycles. The quantitative estimate of drug-likeness (QED) is 0.450. The average molecular weight is 418 g/mol. The lowest BCUT2D eigenvalue weighted by Crippen LogP contribution is -2.09.